The topological polar surface area (TPSA) is 106 Å². The van der Waals surface area contributed by atoms with E-state index in [4.69, 9.17) is 4.74 Å². The highest BCUT2D eigenvalue weighted by Crippen LogP contribution is 2.32. The first-order valence-electron chi connectivity index (χ1n) is 11.0. The summed E-state index contributed by atoms with van der Waals surface area (Å²) >= 11 is 0. The zero-order chi connectivity index (χ0) is 24.8. The summed E-state index contributed by atoms with van der Waals surface area (Å²) in [6.07, 6.45) is 2.41. The molecule has 3 heterocycles. The van der Waals surface area contributed by atoms with Crippen LogP contribution in [0.3, 0.4) is 0 Å². The van der Waals surface area contributed by atoms with E-state index in [0.717, 1.165) is 34.1 Å². The number of halogens is 2. The number of amides is 1. The lowest BCUT2D eigenvalue weighted by Crippen LogP contribution is -2.57. The molecule has 0 spiro atoms. The molecular formula is C22H29F2N5O4S. The number of hydrogen-bond donors (Lipinski definition) is 2. The van der Waals surface area contributed by atoms with E-state index < -0.39 is 45.4 Å². The third-order valence-electron chi connectivity index (χ3n) is 5.94. The standard InChI is InChI=1S/C22H29F2N5O4S/c1-22(2,3)33-21(30)26-18-8-15(9-25-20(18)16-7-14(23)5-6-17(16)24)28-10-13-11-29(34(4,31)32)27-19(13)12-28/h5-7,11,15,18,20,25H,8-10,12H2,1-4H3,(H,26,30)/t15-,18-,20+/m0/s1. The smallest absolute Gasteiger partial charge is 0.407 e. The monoisotopic (exact) mass is 497 g/mol. The number of benzene rings is 1. The maximum Gasteiger partial charge on any atom is 0.407 e. The molecule has 3 atom stereocenters. The van der Waals surface area contributed by atoms with Crippen molar-refractivity contribution >= 4 is 16.1 Å². The molecule has 0 aliphatic carbocycles. The second-order valence-electron chi connectivity index (χ2n) is 9.84. The summed E-state index contributed by atoms with van der Waals surface area (Å²) in [6, 6.07) is 1.97. The molecule has 2 N–H and O–H groups in total. The van der Waals surface area contributed by atoms with Crippen LogP contribution in [0.4, 0.5) is 13.6 Å². The van der Waals surface area contributed by atoms with Gasteiger partial charge in [-0.2, -0.15) is 9.19 Å². The molecule has 1 aromatic carbocycles. The SMILES string of the molecule is CC(C)(C)OC(=O)N[C@H]1C[C@H](N2Cc3cn(S(C)(=O)=O)nc3C2)CN[C@@H]1c1cc(F)ccc1F. The average Bonchev–Trinajstić information content (AvgIpc) is 3.28. The van der Waals surface area contributed by atoms with E-state index in [-0.39, 0.29) is 11.6 Å². The molecule has 186 valence electrons. The Morgan fingerprint density at radius 2 is 2.00 bits per heavy atom. The molecule has 2 aromatic rings. The molecule has 2 aliphatic heterocycles. The first-order valence-corrected chi connectivity index (χ1v) is 12.8. The zero-order valence-electron chi connectivity index (χ0n) is 19.5. The van der Waals surface area contributed by atoms with Crippen LogP contribution in [0.15, 0.2) is 24.4 Å². The molecule has 4 rings (SSSR count). The number of alkyl carbamates (subject to hydrolysis) is 1. The van der Waals surface area contributed by atoms with E-state index >= 15 is 0 Å². The van der Waals surface area contributed by atoms with Gasteiger partial charge >= 0.3 is 6.09 Å². The summed E-state index contributed by atoms with van der Waals surface area (Å²) < 4.78 is 58.4. The van der Waals surface area contributed by atoms with Gasteiger partial charge in [0, 0.05) is 43.0 Å². The Bertz CT molecular complexity index is 1170. The molecule has 0 unspecified atom stereocenters. The van der Waals surface area contributed by atoms with E-state index in [9.17, 15) is 22.0 Å². The Labute approximate surface area is 197 Å². The summed E-state index contributed by atoms with van der Waals surface area (Å²) in [5.41, 5.74) is 0.919. The molecule has 0 saturated carbocycles. The van der Waals surface area contributed by atoms with E-state index in [2.05, 4.69) is 20.6 Å². The fourth-order valence-electron chi connectivity index (χ4n) is 4.46. The number of aromatic nitrogens is 2. The highest BCUT2D eigenvalue weighted by atomic mass is 32.2. The first-order chi connectivity index (χ1) is 15.8. The van der Waals surface area contributed by atoms with Crippen LogP contribution in [0.1, 0.15) is 50.1 Å². The highest BCUT2D eigenvalue weighted by molar-refractivity contribution is 7.89. The number of nitrogens with zero attached hydrogens (tertiary/aromatic N) is 3. The second-order valence-corrected chi connectivity index (χ2v) is 11.7. The van der Waals surface area contributed by atoms with E-state index in [1.807, 2.05) is 0 Å². The number of carbonyl (C=O) groups is 1. The van der Waals surface area contributed by atoms with Gasteiger partial charge in [-0.15, -0.1) is 0 Å². The van der Waals surface area contributed by atoms with Crippen LogP contribution >= 0.6 is 0 Å². The van der Waals surface area contributed by atoms with Gasteiger partial charge in [0.05, 0.1) is 24.0 Å². The Morgan fingerprint density at radius 3 is 2.65 bits per heavy atom. The fraction of sp³-hybridized carbons (Fsp3) is 0.545. The molecule has 1 fully saturated rings. The molecule has 12 heteroatoms. The minimum absolute atomic E-state index is 0.0614. The van der Waals surface area contributed by atoms with Crippen LogP contribution in [-0.2, 0) is 27.8 Å². The van der Waals surface area contributed by atoms with E-state index in [1.165, 1.54) is 6.20 Å². The minimum atomic E-state index is -3.46. The van der Waals surface area contributed by atoms with Gasteiger partial charge in [0.15, 0.2) is 0 Å². The minimum Gasteiger partial charge on any atom is -0.444 e. The van der Waals surface area contributed by atoms with E-state index in [1.54, 1.807) is 20.8 Å². The van der Waals surface area contributed by atoms with E-state index in [0.29, 0.717) is 31.7 Å². The quantitative estimate of drug-likeness (QED) is 0.668. The lowest BCUT2D eigenvalue weighted by Gasteiger charge is -2.41. The van der Waals surface area contributed by atoms with Gasteiger partial charge in [-0.25, -0.2) is 22.0 Å². The van der Waals surface area contributed by atoms with Gasteiger partial charge in [0.1, 0.15) is 17.2 Å². The van der Waals surface area contributed by atoms with Crippen LogP contribution < -0.4 is 10.6 Å². The van der Waals surface area contributed by atoms with Gasteiger partial charge in [0.25, 0.3) is 10.0 Å². The van der Waals surface area contributed by atoms with Crippen molar-refractivity contribution in [2.45, 2.75) is 64.0 Å². The number of fused-ring (bicyclic) bond motifs is 1. The third-order valence-corrected chi connectivity index (χ3v) is 6.80. The summed E-state index contributed by atoms with van der Waals surface area (Å²) in [7, 11) is -3.46. The first kappa shape index (κ1) is 24.6. The molecule has 0 radical (unpaired) electrons. The summed E-state index contributed by atoms with van der Waals surface area (Å²) in [5, 5.41) is 10.3. The second kappa shape index (κ2) is 8.90. The number of ether oxygens (including phenoxy) is 1. The van der Waals surface area contributed by atoms with Crippen LogP contribution in [0.5, 0.6) is 0 Å². The van der Waals surface area contributed by atoms with Crippen LogP contribution in [0, 0.1) is 11.6 Å². The molecule has 9 nitrogen and oxygen atoms in total. The largest absolute Gasteiger partial charge is 0.444 e. The third kappa shape index (κ3) is 5.39. The van der Waals surface area contributed by atoms with Crippen molar-refractivity contribution in [3.05, 3.63) is 52.9 Å². The molecule has 34 heavy (non-hydrogen) atoms. The van der Waals surface area contributed by atoms with Crippen molar-refractivity contribution in [2.24, 2.45) is 0 Å². The Balaban J connectivity index is 1.53. The van der Waals surface area contributed by atoms with Crippen molar-refractivity contribution in [2.75, 3.05) is 12.8 Å². The van der Waals surface area contributed by atoms with Crippen LogP contribution in [0.25, 0.3) is 0 Å². The van der Waals surface area contributed by atoms with Gasteiger partial charge in [0.2, 0.25) is 0 Å². The Hall–Kier alpha value is -2.57. The highest BCUT2D eigenvalue weighted by Gasteiger charge is 2.39. The lowest BCUT2D eigenvalue weighted by atomic mass is 9.89. The normalized spacial score (nSPS) is 23.5. The summed E-state index contributed by atoms with van der Waals surface area (Å²) in [6.45, 7) is 6.64. The molecule has 1 saturated heterocycles. The summed E-state index contributed by atoms with van der Waals surface area (Å²) in [5.74, 6) is -1.13. The molecular weight excluding hydrogens is 468 g/mol. The Morgan fingerprint density at radius 1 is 1.26 bits per heavy atom. The van der Waals surface area contributed by atoms with Crippen molar-refractivity contribution in [3.8, 4) is 0 Å². The number of hydrogen-bond acceptors (Lipinski definition) is 7. The van der Waals surface area contributed by atoms with Crippen molar-refractivity contribution in [3.63, 3.8) is 0 Å². The molecule has 2 aliphatic rings. The number of rotatable bonds is 4. The van der Waals surface area contributed by atoms with Crippen molar-refractivity contribution in [1.82, 2.24) is 24.7 Å². The molecule has 0 bridgehead atoms. The maximum absolute atomic E-state index is 14.6. The average molecular weight is 498 g/mol. The lowest BCUT2D eigenvalue weighted by molar-refractivity contribution is 0.0445. The Kier molecular flexibility index (Phi) is 6.42. The number of carbonyl (C=O) groups excluding carboxylic acids is 1. The summed E-state index contributed by atoms with van der Waals surface area (Å²) in [4.78, 5) is 14.7. The predicted octanol–water partition coefficient (Wildman–Crippen LogP) is 2.28. The van der Waals surface area contributed by atoms with Gasteiger partial charge < -0.3 is 15.4 Å². The maximum atomic E-state index is 14.6. The van der Waals surface area contributed by atoms with Gasteiger partial charge in [-0.3, -0.25) is 4.90 Å². The molecule has 1 aromatic heterocycles. The van der Waals surface area contributed by atoms with Crippen LogP contribution in [0.2, 0.25) is 0 Å². The molecule has 1 amide bonds. The van der Waals surface area contributed by atoms with Gasteiger partial charge in [-0.05, 0) is 45.4 Å². The predicted molar refractivity (Wildman–Crippen MR) is 120 cm³/mol. The van der Waals surface area contributed by atoms with Gasteiger partial charge in [-0.1, -0.05) is 0 Å². The number of nitrogens with one attached hydrogen (secondary N) is 2. The fourth-order valence-corrected chi connectivity index (χ4v) is 5.02. The van der Waals surface area contributed by atoms with Crippen LogP contribution in [-0.4, -0.2) is 59.1 Å². The number of piperidine rings is 1. The van der Waals surface area contributed by atoms with Crippen molar-refractivity contribution < 1.29 is 26.7 Å². The zero-order valence-corrected chi connectivity index (χ0v) is 20.3. The van der Waals surface area contributed by atoms with Crippen molar-refractivity contribution in [1.29, 1.82) is 0 Å².